The fourth-order valence-corrected chi connectivity index (χ4v) is 3.06. The number of carbonyl (C=O) groups excluding carboxylic acids is 2. The van der Waals surface area contributed by atoms with Crippen LogP contribution in [0.4, 0.5) is 0 Å². The Morgan fingerprint density at radius 3 is 2.80 bits per heavy atom. The molecule has 6 nitrogen and oxygen atoms in total. The predicted octanol–water partition coefficient (Wildman–Crippen LogP) is 1.59. The highest BCUT2D eigenvalue weighted by molar-refractivity contribution is 5.92. The molecule has 1 aliphatic carbocycles. The van der Waals surface area contributed by atoms with Crippen molar-refractivity contribution < 1.29 is 29.3 Å². The van der Waals surface area contributed by atoms with Crippen molar-refractivity contribution in [1.82, 2.24) is 0 Å². The molecule has 1 saturated heterocycles. The summed E-state index contributed by atoms with van der Waals surface area (Å²) < 4.78 is 10.9. The maximum Gasteiger partial charge on any atom is 0.336 e. The SMILES string of the molecule is C=C(CO)C(=O)O[C@H]1C/C(C)=C/CC/C(CO)=C/[C@H]2OC(=O)C(=C)[C@H]12. The van der Waals surface area contributed by atoms with Crippen LogP contribution < -0.4 is 0 Å². The summed E-state index contributed by atoms with van der Waals surface area (Å²) in [6, 6.07) is 0. The Kier molecular flexibility index (Phi) is 6.33. The first-order chi connectivity index (χ1) is 11.9. The Hall–Kier alpha value is -2.18. The zero-order chi connectivity index (χ0) is 18.6. The third-order valence-electron chi connectivity index (χ3n) is 4.48. The van der Waals surface area contributed by atoms with Crippen LogP contribution in [-0.4, -0.2) is 47.6 Å². The number of aliphatic hydroxyl groups excluding tert-OH is 2. The molecule has 2 aliphatic rings. The molecule has 0 spiro atoms. The van der Waals surface area contributed by atoms with Crippen molar-refractivity contribution in [2.45, 2.75) is 38.4 Å². The summed E-state index contributed by atoms with van der Waals surface area (Å²) in [5.41, 5.74) is 1.93. The molecule has 0 radical (unpaired) electrons. The average Bonchev–Trinajstić information content (AvgIpc) is 2.86. The van der Waals surface area contributed by atoms with Crippen LogP contribution >= 0.6 is 0 Å². The molecule has 1 fully saturated rings. The molecule has 25 heavy (non-hydrogen) atoms. The number of esters is 2. The Bertz CT molecular complexity index is 642. The van der Waals surface area contributed by atoms with E-state index in [1.165, 1.54) is 0 Å². The van der Waals surface area contributed by atoms with Gasteiger partial charge < -0.3 is 19.7 Å². The molecule has 6 heteroatoms. The van der Waals surface area contributed by atoms with Gasteiger partial charge in [-0.05, 0) is 31.4 Å². The summed E-state index contributed by atoms with van der Waals surface area (Å²) >= 11 is 0. The maximum atomic E-state index is 12.1. The van der Waals surface area contributed by atoms with Crippen LogP contribution in [0.3, 0.4) is 0 Å². The van der Waals surface area contributed by atoms with E-state index < -0.39 is 36.7 Å². The van der Waals surface area contributed by atoms with Crippen molar-refractivity contribution in [2.24, 2.45) is 5.92 Å². The van der Waals surface area contributed by atoms with E-state index in [2.05, 4.69) is 13.2 Å². The summed E-state index contributed by atoms with van der Waals surface area (Å²) in [7, 11) is 0. The summed E-state index contributed by atoms with van der Waals surface area (Å²) in [5, 5.41) is 18.6. The zero-order valence-electron chi connectivity index (χ0n) is 14.4. The largest absolute Gasteiger partial charge is 0.458 e. The number of aliphatic hydroxyl groups is 2. The van der Waals surface area contributed by atoms with Gasteiger partial charge in [0.2, 0.25) is 0 Å². The van der Waals surface area contributed by atoms with Crippen LogP contribution in [0.1, 0.15) is 26.2 Å². The van der Waals surface area contributed by atoms with Gasteiger partial charge in [0.1, 0.15) is 12.2 Å². The predicted molar refractivity (Wildman–Crippen MR) is 91.4 cm³/mol. The van der Waals surface area contributed by atoms with Crippen LogP contribution in [-0.2, 0) is 19.1 Å². The quantitative estimate of drug-likeness (QED) is 0.455. The molecule has 3 atom stereocenters. The number of carbonyl (C=O) groups is 2. The van der Waals surface area contributed by atoms with Gasteiger partial charge in [0.05, 0.1) is 24.7 Å². The highest BCUT2D eigenvalue weighted by atomic mass is 16.6. The molecule has 0 aromatic rings. The van der Waals surface area contributed by atoms with Crippen LogP contribution in [0.25, 0.3) is 0 Å². The molecule has 2 N–H and O–H groups in total. The van der Waals surface area contributed by atoms with E-state index in [1.54, 1.807) is 6.08 Å². The maximum absolute atomic E-state index is 12.1. The van der Waals surface area contributed by atoms with Crippen LogP contribution in [0, 0.1) is 5.92 Å². The highest BCUT2D eigenvalue weighted by Crippen LogP contribution is 2.36. The minimum atomic E-state index is -0.713. The lowest BCUT2D eigenvalue weighted by Crippen LogP contribution is -2.34. The molecule has 1 heterocycles. The van der Waals surface area contributed by atoms with Gasteiger partial charge in [-0.25, -0.2) is 9.59 Å². The van der Waals surface area contributed by atoms with E-state index in [4.69, 9.17) is 14.6 Å². The second-order valence-electron chi connectivity index (χ2n) is 6.40. The van der Waals surface area contributed by atoms with Gasteiger partial charge in [0.25, 0.3) is 0 Å². The van der Waals surface area contributed by atoms with Gasteiger partial charge in [-0.15, -0.1) is 0 Å². The Morgan fingerprint density at radius 1 is 1.44 bits per heavy atom. The first-order valence-electron chi connectivity index (χ1n) is 8.22. The van der Waals surface area contributed by atoms with E-state index in [0.29, 0.717) is 12.8 Å². The van der Waals surface area contributed by atoms with Gasteiger partial charge in [-0.1, -0.05) is 24.8 Å². The lowest BCUT2D eigenvalue weighted by molar-refractivity contribution is -0.147. The Morgan fingerprint density at radius 2 is 2.16 bits per heavy atom. The molecule has 1 aliphatic heterocycles. The van der Waals surface area contributed by atoms with Crippen molar-refractivity contribution in [2.75, 3.05) is 13.2 Å². The normalized spacial score (nSPS) is 31.1. The van der Waals surface area contributed by atoms with Crippen LogP contribution in [0.15, 0.2) is 47.6 Å². The Balaban J connectivity index is 2.38. The van der Waals surface area contributed by atoms with Crippen molar-refractivity contribution >= 4 is 11.9 Å². The van der Waals surface area contributed by atoms with Gasteiger partial charge in [-0.2, -0.15) is 0 Å². The van der Waals surface area contributed by atoms with Crippen LogP contribution in [0.5, 0.6) is 0 Å². The van der Waals surface area contributed by atoms with Crippen molar-refractivity contribution in [1.29, 1.82) is 0 Å². The molecule has 0 aromatic heterocycles. The molecule has 0 aromatic carbocycles. The average molecular weight is 348 g/mol. The number of fused-ring (bicyclic) bond motifs is 1. The molecule has 0 unspecified atom stereocenters. The van der Waals surface area contributed by atoms with Crippen LogP contribution in [0.2, 0.25) is 0 Å². The van der Waals surface area contributed by atoms with E-state index in [0.717, 1.165) is 17.6 Å². The van der Waals surface area contributed by atoms with E-state index in [1.807, 2.05) is 13.0 Å². The molecule has 0 bridgehead atoms. The zero-order valence-corrected chi connectivity index (χ0v) is 14.4. The van der Waals surface area contributed by atoms with Crippen molar-refractivity contribution in [3.63, 3.8) is 0 Å². The lowest BCUT2D eigenvalue weighted by Gasteiger charge is -2.27. The minimum absolute atomic E-state index is 0.0577. The fourth-order valence-electron chi connectivity index (χ4n) is 3.06. The number of rotatable bonds is 4. The second-order valence-corrected chi connectivity index (χ2v) is 6.40. The minimum Gasteiger partial charge on any atom is -0.458 e. The lowest BCUT2D eigenvalue weighted by atomic mass is 9.85. The molecule has 0 saturated carbocycles. The third-order valence-corrected chi connectivity index (χ3v) is 4.48. The molecule has 136 valence electrons. The second kappa shape index (κ2) is 8.27. The Labute approximate surface area is 147 Å². The van der Waals surface area contributed by atoms with Gasteiger partial charge in [0, 0.05) is 12.0 Å². The summed E-state index contributed by atoms with van der Waals surface area (Å²) in [5.74, 6) is -1.80. The van der Waals surface area contributed by atoms with Crippen molar-refractivity contribution in [3.8, 4) is 0 Å². The first-order valence-corrected chi connectivity index (χ1v) is 8.22. The topological polar surface area (TPSA) is 93.1 Å². The molecule has 0 amide bonds. The number of ether oxygens (including phenoxy) is 2. The number of hydrogen-bond donors (Lipinski definition) is 2. The van der Waals surface area contributed by atoms with Crippen molar-refractivity contribution in [3.05, 3.63) is 47.6 Å². The summed E-state index contributed by atoms with van der Waals surface area (Å²) in [6.07, 6.45) is 4.23. The monoisotopic (exact) mass is 348 g/mol. The van der Waals surface area contributed by atoms with Gasteiger partial charge >= 0.3 is 11.9 Å². The first kappa shape index (κ1) is 19.1. The summed E-state index contributed by atoms with van der Waals surface area (Å²) in [6.45, 7) is 8.55. The standard InChI is InChI=1S/C19H24O6/c1-11-5-4-6-14(10-21)8-16-17(13(3)19(23)25-16)15(7-11)24-18(22)12(2)9-20/h5,8,15-17,20-21H,2-4,6-7,9-10H2,1H3/b11-5+,14-8-/t15-,16+,17+/m0/s1. The summed E-state index contributed by atoms with van der Waals surface area (Å²) in [4.78, 5) is 24.1. The molecule has 2 rings (SSSR count). The third kappa shape index (κ3) is 4.46. The number of allylic oxidation sites excluding steroid dienone is 1. The van der Waals surface area contributed by atoms with Gasteiger partial charge in [-0.3, -0.25) is 0 Å². The van der Waals surface area contributed by atoms with E-state index in [9.17, 15) is 14.7 Å². The molecular formula is C19H24O6. The van der Waals surface area contributed by atoms with E-state index in [-0.39, 0.29) is 17.8 Å². The van der Waals surface area contributed by atoms with E-state index >= 15 is 0 Å². The smallest absolute Gasteiger partial charge is 0.336 e. The molecular weight excluding hydrogens is 324 g/mol. The van der Waals surface area contributed by atoms with Gasteiger partial charge in [0.15, 0.2) is 0 Å². The highest BCUT2D eigenvalue weighted by Gasteiger charge is 2.44. The fraction of sp³-hybridized carbons (Fsp3) is 0.474. The number of hydrogen-bond acceptors (Lipinski definition) is 6.